The minimum Gasteiger partial charge on any atom is -0.448 e. The van der Waals surface area contributed by atoms with Crippen molar-refractivity contribution < 1.29 is 17.6 Å². The Labute approximate surface area is 159 Å². The van der Waals surface area contributed by atoms with Crippen LogP contribution in [0.3, 0.4) is 0 Å². The molecule has 7 nitrogen and oxygen atoms in total. The van der Waals surface area contributed by atoms with E-state index in [9.17, 15) is 13.2 Å². The van der Waals surface area contributed by atoms with Gasteiger partial charge in [-0.3, -0.25) is 4.79 Å². The van der Waals surface area contributed by atoms with Gasteiger partial charge < -0.3 is 14.6 Å². The highest BCUT2D eigenvalue weighted by Crippen LogP contribution is 2.27. The van der Waals surface area contributed by atoms with Crippen molar-refractivity contribution in [3.8, 4) is 0 Å². The third-order valence-corrected chi connectivity index (χ3v) is 6.20. The number of amides is 1. The van der Waals surface area contributed by atoms with Crippen LogP contribution in [-0.4, -0.2) is 45.9 Å². The van der Waals surface area contributed by atoms with E-state index in [-0.39, 0.29) is 22.6 Å². The zero-order valence-corrected chi connectivity index (χ0v) is 16.6. The van der Waals surface area contributed by atoms with Crippen molar-refractivity contribution in [2.75, 3.05) is 26.7 Å². The molecule has 27 heavy (non-hydrogen) atoms. The molecule has 1 aromatic heterocycles. The molecule has 146 valence electrons. The molecule has 1 fully saturated rings. The minimum absolute atomic E-state index is 0.115. The number of carbonyl (C=O) groups excluding carboxylic acids is 1. The van der Waals surface area contributed by atoms with Crippen LogP contribution in [0, 0.1) is 6.92 Å². The van der Waals surface area contributed by atoms with Crippen molar-refractivity contribution in [1.29, 1.82) is 0 Å². The molecule has 0 aliphatic carbocycles. The summed E-state index contributed by atoms with van der Waals surface area (Å²) < 4.78 is 31.5. The second-order valence-electron chi connectivity index (χ2n) is 6.56. The fourth-order valence-corrected chi connectivity index (χ4v) is 3.98. The molecule has 1 amide bonds. The molecule has 2 heterocycles. The van der Waals surface area contributed by atoms with Crippen LogP contribution >= 0.6 is 0 Å². The Hall–Kier alpha value is -2.16. The van der Waals surface area contributed by atoms with E-state index >= 15 is 0 Å². The molecule has 1 aromatic carbocycles. The molecule has 0 spiro atoms. The number of hydrogen-bond donors (Lipinski definition) is 2. The number of benzene rings is 1. The van der Waals surface area contributed by atoms with Gasteiger partial charge in [-0.15, -0.1) is 0 Å². The average molecular weight is 391 g/mol. The first-order chi connectivity index (χ1) is 12.9. The summed E-state index contributed by atoms with van der Waals surface area (Å²) in [7, 11) is -2.43. The molecule has 8 heteroatoms. The molecule has 1 unspecified atom stereocenters. The van der Waals surface area contributed by atoms with E-state index in [1.807, 2.05) is 0 Å². The third kappa shape index (κ3) is 3.92. The highest BCUT2D eigenvalue weighted by Gasteiger charge is 2.32. The van der Waals surface area contributed by atoms with Gasteiger partial charge in [0.2, 0.25) is 5.09 Å². The summed E-state index contributed by atoms with van der Waals surface area (Å²) in [6, 6.07) is 9.45. The Bertz CT molecular complexity index is 919. The highest BCUT2D eigenvalue weighted by atomic mass is 32.2. The molecule has 3 rings (SSSR count). The van der Waals surface area contributed by atoms with E-state index in [2.05, 4.69) is 41.2 Å². The molecule has 1 aliphatic heterocycles. The number of rotatable bonds is 5. The van der Waals surface area contributed by atoms with Gasteiger partial charge in [-0.05, 0) is 31.5 Å². The molecule has 1 aliphatic rings. The maximum absolute atomic E-state index is 13.2. The summed E-state index contributed by atoms with van der Waals surface area (Å²) in [6.45, 7) is 5.59. The molecular formula is C19H25N3O4S. The number of sulfonamides is 1. The molecule has 2 N–H and O–H groups in total. The van der Waals surface area contributed by atoms with Gasteiger partial charge in [0.05, 0.1) is 11.6 Å². The van der Waals surface area contributed by atoms with Crippen LogP contribution in [0.2, 0.25) is 0 Å². The van der Waals surface area contributed by atoms with E-state index in [4.69, 9.17) is 4.42 Å². The molecule has 1 saturated heterocycles. The van der Waals surface area contributed by atoms with Crippen molar-refractivity contribution >= 4 is 15.9 Å². The fourth-order valence-electron chi connectivity index (χ4n) is 3.28. The molecular weight excluding hydrogens is 366 g/mol. The quantitative estimate of drug-likeness (QED) is 0.812. The summed E-state index contributed by atoms with van der Waals surface area (Å²) >= 11 is 0. The second-order valence-corrected chi connectivity index (χ2v) is 8.37. The summed E-state index contributed by atoms with van der Waals surface area (Å²) in [5.74, 6) is 0.0762. The van der Waals surface area contributed by atoms with Gasteiger partial charge in [0.1, 0.15) is 5.76 Å². The maximum atomic E-state index is 13.2. The summed E-state index contributed by atoms with van der Waals surface area (Å²) in [5.41, 5.74) is 2.57. The Morgan fingerprint density at radius 3 is 2.67 bits per heavy atom. The number of hydrogen-bond acceptors (Lipinski definition) is 5. The van der Waals surface area contributed by atoms with Crippen molar-refractivity contribution in [2.24, 2.45) is 0 Å². The minimum atomic E-state index is -3.74. The SMILES string of the molecule is CCc1ccc(C2CNCCN2C(=O)c2cc(S(=O)(=O)NC)oc2C)cc1. The zero-order chi connectivity index (χ0) is 19.6. The maximum Gasteiger partial charge on any atom is 0.273 e. The molecule has 0 saturated carbocycles. The topological polar surface area (TPSA) is 91.7 Å². The van der Waals surface area contributed by atoms with Crippen LogP contribution < -0.4 is 10.0 Å². The van der Waals surface area contributed by atoms with E-state index in [1.165, 1.54) is 18.7 Å². The lowest BCUT2D eigenvalue weighted by molar-refractivity contribution is 0.0632. The van der Waals surface area contributed by atoms with Crippen LogP contribution in [0.4, 0.5) is 0 Å². The molecule has 2 aromatic rings. The van der Waals surface area contributed by atoms with Crippen molar-refractivity contribution in [3.63, 3.8) is 0 Å². The number of nitrogens with one attached hydrogen (secondary N) is 2. The lowest BCUT2D eigenvalue weighted by atomic mass is 10.00. The van der Waals surface area contributed by atoms with Crippen LogP contribution in [0.15, 0.2) is 39.8 Å². The van der Waals surface area contributed by atoms with Crippen LogP contribution in [0.1, 0.15) is 40.2 Å². The Morgan fingerprint density at radius 1 is 1.33 bits per heavy atom. The number of nitrogens with zero attached hydrogens (tertiary/aromatic N) is 1. The zero-order valence-electron chi connectivity index (χ0n) is 15.8. The molecule has 1 atom stereocenters. The number of aryl methyl sites for hydroxylation is 2. The van der Waals surface area contributed by atoms with Gasteiger partial charge in [-0.1, -0.05) is 31.2 Å². The van der Waals surface area contributed by atoms with E-state index in [0.29, 0.717) is 25.4 Å². The standard InChI is InChI=1S/C19H25N3O4S/c1-4-14-5-7-15(8-6-14)17-12-21-9-10-22(17)19(23)16-11-18(26-13(16)2)27(24,25)20-3/h5-8,11,17,20-21H,4,9-10,12H2,1-3H3. The van der Waals surface area contributed by atoms with Gasteiger partial charge in [0, 0.05) is 25.7 Å². The third-order valence-electron chi connectivity index (χ3n) is 4.94. The number of carbonyl (C=O) groups is 1. The van der Waals surface area contributed by atoms with Crippen LogP contribution in [0.25, 0.3) is 0 Å². The highest BCUT2D eigenvalue weighted by molar-refractivity contribution is 7.89. The van der Waals surface area contributed by atoms with E-state index in [1.54, 1.807) is 11.8 Å². The first kappa shape index (κ1) is 19.6. The largest absolute Gasteiger partial charge is 0.448 e. The second kappa shape index (κ2) is 7.84. The number of furan rings is 1. The van der Waals surface area contributed by atoms with Gasteiger partial charge in [-0.2, -0.15) is 0 Å². The normalized spacial score (nSPS) is 17.9. The number of piperazine rings is 1. The molecule has 0 radical (unpaired) electrons. The van der Waals surface area contributed by atoms with Crippen molar-refractivity contribution in [1.82, 2.24) is 14.9 Å². The van der Waals surface area contributed by atoms with Gasteiger partial charge in [0.25, 0.3) is 15.9 Å². The van der Waals surface area contributed by atoms with E-state index < -0.39 is 10.0 Å². The summed E-state index contributed by atoms with van der Waals surface area (Å²) in [5, 5.41) is 3.08. The van der Waals surface area contributed by atoms with Crippen molar-refractivity contribution in [3.05, 3.63) is 52.8 Å². The van der Waals surface area contributed by atoms with Crippen molar-refractivity contribution in [2.45, 2.75) is 31.4 Å². The first-order valence-corrected chi connectivity index (χ1v) is 10.5. The summed E-state index contributed by atoms with van der Waals surface area (Å²) in [4.78, 5) is 15.0. The Balaban J connectivity index is 1.91. The van der Waals surface area contributed by atoms with Gasteiger partial charge in [0.15, 0.2) is 0 Å². The monoisotopic (exact) mass is 391 g/mol. The predicted octanol–water partition coefficient (Wildman–Crippen LogP) is 1.85. The first-order valence-electron chi connectivity index (χ1n) is 9.02. The summed E-state index contributed by atoms with van der Waals surface area (Å²) in [6.07, 6.45) is 0.961. The lowest BCUT2D eigenvalue weighted by Crippen LogP contribution is -2.48. The fraction of sp³-hybridized carbons (Fsp3) is 0.421. The Kier molecular flexibility index (Phi) is 5.69. The van der Waals surface area contributed by atoms with Gasteiger partial charge in [-0.25, -0.2) is 13.1 Å². The Morgan fingerprint density at radius 2 is 2.04 bits per heavy atom. The van der Waals surface area contributed by atoms with Crippen LogP contribution in [0.5, 0.6) is 0 Å². The van der Waals surface area contributed by atoms with E-state index in [0.717, 1.165) is 12.0 Å². The smallest absolute Gasteiger partial charge is 0.273 e. The molecule has 0 bridgehead atoms. The predicted molar refractivity (Wildman–Crippen MR) is 102 cm³/mol. The van der Waals surface area contributed by atoms with Gasteiger partial charge >= 0.3 is 0 Å². The lowest BCUT2D eigenvalue weighted by Gasteiger charge is -2.36. The average Bonchev–Trinajstić information content (AvgIpc) is 3.10. The van der Waals surface area contributed by atoms with Crippen LogP contribution in [-0.2, 0) is 16.4 Å².